The third kappa shape index (κ3) is 5.16. The fraction of sp³-hybridized carbons (Fsp3) is 0.294. The Labute approximate surface area is 124 Å². The first-order valence-electron chi connectivity index (χ1n) is 7.07. The fourth-order valence-corrected chi connectivity index (χ4v) is 2.20. The number of rotatable bonds is 7. The van der Waals surface area contributed by atoms with E-state index in [0.717, 1.165) is 25.6 Å². The first-order valence-corrected chi connectivity index (χ1v) is 7.07. The van der Waals surface area contributed by atoms with Crippen LogP contribution in [0, 0.1) is 11.6 Å². The van der Waals surface area contributed by atoms with E-state index in [2.05, 4.69) is 29.4 Å². The zero-order chi connectivity index (χ0) is 15.1. The maximum Gasteiger partial charge on any atom is 0.126 e. The average molecular weight is 290 g/mol. The quantitative estimate of drug-likeness (QED) is 0.784. The molecular weight excluding hydrogens is 270 g/mol. The van der Waals surface area contributed by atoms with Crippen LogP contribution in [-0.2, 0) is 6.54 Å². The number of hydrogen-bond donors (Lipinski definition) is 1. The Kier molecular flexibility index (Phi) is 5.69. The summed E-state index contributed by atoms with van der Waals surface area (Å²) < 4.78 is 26.0. The number of para-hydroxylation sites is 1. The third-order valence-electron chi connectivity index (χ3n) is 3.30. The van der Waals surface area contributed by atoms with Crippen molar-refractivity contribution in [2.75, 3.05) is 25.0 Å². The lowest BCUT2D eigenvalue weighted by Gasteiger charge is -2.19. The van der Waals surface area contributed by atoms with Crippen molar-refractivity contribution in [3.05, 3.63) is 65.7 Å². The van der Waals surface area contributed by atoms with Crippen molar-refractivity contribution in [2.45, 2.75) is 13.0 Å². The highest BCUT2D eigenvalue weighted by Crippen LogP contribution is 2.11. The number of anilines is 1. The molecule has 0 saturated heterocycles. The van der Waals surface area contributed by atoms with Crippen LogP contribution in [0.2, 0.25) is 0 Å². The molecule has 0 spiro atoms. The summed E-state index contributed by atoms with van der Waals surface area (Å²) in [7, 11) is 2.05. The van der Waals surface area contributed by atoms with E-state index in [1.165, 1.54) is 17.8 Å². The zero-order valence-corrected chi connectivity index (χ0v) is 12.2. The van der Waals surface area contributed by atoms with Crippen LogP contribution in [0.5, 0.6) is 0 Å². The molecular formula is C17H20F2N2. The SMILES string of the molecule is CN(CCCNCc1cc(F)cc(F)c1)c1ccccc1. The van der Waals surface area contributed by atoms with E-state index in [1.54, 1.807) is 0 Å². The van der Waals surface area contributed by atoms with Gasteiger partial charge in [-0.15, -0.1) is 0 Å². The van der Waals surface area contributed by atoms with Crippen LogP contribution in [-0.4, -0.2) is 20.1 Å². The highest BCUT2D eigenvalue weighted by atomic mass is 19.1. The lowest BCUT2D eigenvalue weighted by atomic mass is 10.2. The van der Waals surface area contributed by atoms with E-state index in [4.69, 9.17) is 0 Å². The second-order valence-electron chi connectivity index (χ2n) is 5.07. The molecule has 2 nitrogen and oxygen atoms in total. The van der Waals surface area contributed by atoms with Gasteiger partial charge in [0.05, 0.1) is 0 Å². The molecule has 0 fully saturated rings. The van der Waals surface area contributed by atoms with Gasteiger partial charge in [-0.2, -0.15) is 0 Å². The fourth-order valence-electron chi connectivity index (χ4n) is 2.20. The predicted octanol–water partition coefficient (Wildman–Crippen LogP) is 3.58. The highest BCUT2D eigenvalue weighted by Gasteiger charge is 2.01. The smallest absolute Gasteiger partial charge is 0.126 e. The molecule has 0 bridgehead atoms. The van der Waals surface area contributed by atoms with Crippen LogP contribution < -0.4 is 10.2 Å². The van der Waals surface area contributed by atoms with Crippen LogP contribution in [0.15, 0.2) is 48.5 Å². The van der Waals surface area contributed by atoms with Crippen LogP contribution in [0.4, 0.5) is 14.5 Å². The highest BCUT2D eigenvalue weighted by molar-refractivity contribution is 5.44. The Bertz CT molecular complexity index is 538. The summed E-state index contributed by atoms with van der Waals surface area (Å²) in [6, 6.07) is 13.8. The molecule has 0 unspecified atom stereocenters. The van der Waals surface area contributed by atoms with Gasteiger partial charge in [-0.25, -0.2) is 8.78 Å². The Hall–Kier alpha value is -1.94. The Morgan fingerprint density at radius 3 is 2.33 bits per heavy atom. The first-order chi connectivity index (χ1) is 10.1. The van der Waals surface area contributed by atoms with Crippen LogP contribution in [0.3, 0.4) is 0 Å². The van der Waals surface area contributed by atoms with Gasteiger partial charge in [-0.05, 0) is 42.8 Å². The molecule has 0 aliphatic heterocycles. The largest absolute Gasteiger partial charge is 0.375 e. The standard InChI is InChI=1S/C17H20F2N2/c1-21(17-6-3-2-4-7-17)9-5-8-20-13-14-10-15(18)12-16(19)11-14/h2-4,6-7,10-12,20H,5,8-9,13H2,1H3. The third-order valence-corrected chi connectivity index (χ3v) is 3.30. The van der Waals surface area contributed by atoms with Gasteiger partial charge in [0.15, 0.2) is 0 Å². The molecule has 2 rings (SSSR count). The summed E-state index contributed by atoms with van der Waals surface area (Å²) in [6.07, 6.45) is 0.962. The van der Waals surface area contributed by atoms with Gasteiger partial charge in [0.1, 0.15) is 11.6 Å². The Morgan fingerprint density at radius 2 is 1.67 bits per heavy atom. The summed E-state index contributed by atoms with van der Waals surface area (Å²) in [4.78, 5) is 2.18. The minimum Gasteiger partial charge on any atom is -0.375 e. The molecule has 0 saturated carbocycles. The topological polar surface area (TPSA) is 15.3 Å². The molecule has 0 aliphatic rings. The molecule has 0 aromatic heterocycles. The lowest BCUT2D eigenvalue weighted by Crippen LogP contribution is -2.23. The molecule has 0 amide bonds. The summed E-state index contributed by atoms with van der Waals surface area (Å²) in [6.45, 7) is 2.20. The second-order valence-corrected chi connectivity index (χ2v) is 5.07. The minimum absolute atomic E-state index is 0.476. The second kappa shape index (κ2) is 7.74. The Morgan fingerprint density at radius 1 is 1.00 bits per heavy atom. The van der Waals surface area contributed by atoms with E-state index < -0.39 is 11.6 Å². The first kappa shape index (κ1) is 15.4. The van der Waals surface area contributed by atoms with E-state index in [9.17, 15) is 8.78 Å². The maximum absolute atomic E-state index is 13.0. The molecule has 0 aliphatic carbocycles. The van der Waals surface area contributed by atoms with Crippen molar-refractivity contribution in [1.82, 2.24) is 5.32 Å². The van der Waals surface area contributed by atoms with E-state index in [0.29, 0.717) is 12.1 Å². The summed E-state index contributed by atoms with van der Waals surface area (Å²) in [5, 5.41) is 3.20. The van der Waals surface area contributed by atoms with Crippen molar-refractivity contribution in [2.24, 2.45) is 0 Å². The minimum atomic E-state index is -0.532. The van der Waals surface area contributed by atoms with Gasteiger partial charge in [0.2, 0.25) is 0 Å². The van der Waals surface area contributed by atoms with Gasteiger partial charge in [0, 0.05) is 31.9 Å². The molecule has 4 heteroatoms. The number of nitrogens with zero attached hydrogens (tertiary/aromatic N) is 1. The van der Waals surface area contributed by atoms with Gasteiger partial charge < -0.3 is 10.2 Å². The molecule has 0 heterocycles. The molecule has 0 radical (unpaired) electrons. The predicted molar refractivity (Wildman–Crippen MR) is 82.4 cm³/mol. The number of nitrogens with one attached hydrogen (secondary N) is 1. The summed E-state index contributed by atoms with van der Waals surface area (Å²) >= 11 is 0. The number of halogens is 2. The maximum atomic E-state index is 13.0. The van der Waals surface area contributed by atoms with Gasteiger partial charge >= 0.3 is 0 Å². The summed E-state index contributed by atoms with van der Waals surface area (Å²) in [5.41, 5.74) is 1.81. The number of hydrogen-bond acceptors (Lipinski definition) is 2. The molecule has 112 valence electrons. The van der Waals surface area contributed by atoms with E-state index in [-0.39, 0.29) is 0 Å². The average Bonchev–Trinajstić information content (AvgIpc) is 2.46. The zero-order valence-electron chi connectivity index (χ0n) is 12.2. The van der Waals surface area contributed by atoms with Gasteiger partial charge in [-0.1, -0.05) is 18.2 Å². The van der Waals surface area contributed by atoms with Crippen molar-refractivity contribution < 1.29 is 8.78 Å². The van der Waals surface area contributed by atoms with E-state index >= 15 is 0 Å². The monoisotopic (exact) mass is 290 g/mol. The van der Waals surface area contributed by atoms with Gasteiger partial charge in [-0.3, -0.25) is 0 Å². The van der Waals surface area contributed by atoms with E-state index in [1.807, 2.05) is 18.2 Å². The van der Waals surface area contributed by atoms with Crippen molar-refractivity contribution in [3.8, 4) is 0 Å². The van der Waals surface area contributed by atoms with Crippen LogP contribution in [0.1, 0.15) is 12.0 Å². The van der Waals surface area contributed by atoms with Gasteiger partial charge in [0.25, 0.3) is 0 Å². The van der Waals surface area contributed by atoms with Crippen LogP contribution >= 0.6 is 0 Å². The van der Waals surface area contributed by atoms with Crippen molar-refractivity contribution in [1.29, 1.82) is 0 Å². The molecule has 2 aromatic rings. The number of benzene rings is 2. The molecule has 21 heavy (non-hydrogen) atoms. The molecule has 1 N–H and O–H groups in total. The normalized spacial score (nSPS) is 10.6. The molecule has 0 atom stereocenters. The van der Waals surface area contributed by atoms with Crippen LogP contribution in [0.25, 0.3) is 0 Å². The Balaban J connectivity index is 1.68. The van der Waals surface area contributed by atoms with Crippen molar-refractivity contribution >= 4 is 5.69 Å². The van der Waals surface area contributed by atoms with Crippen molar-refractivity contribution in [3.63, 3.8) is 0 Å². The molecule has 2 aromatic carbocycles. The summed E-state index contributed by atoms with van der Waals surface area (Å²) in [5.74, 6) is -1.06. The lowest BCUT2D eigenvalue weighted by molar-refractivity contribution is 0.573.